The van der Waals surface area contributed by atoms with Crippen LogP contribution in [-0.4, -0.2) is 37.5 Å². The number of benzene rings is 1. The van der Waals surface area contributed by atoms with Crippen LogP contribution < -0.4 is 4.90 Å². The van der Waals surface area contributed by atoms with Gasteiger partial charge in [0.1, 0.15) is 0 Å². The topological polar surface area (TPSA) is 23.6 Å². The molecule has 1 aromatic carbocycles. The van der Waals surface area contributed by atoms with E-state index in [4.69, 9.17) is 0 Å². The molecule has 1 fully saturated rings. The summed E-state index contributed by atoms with van der Waals surface area (Å²) in [7, 11) is 1.98. The summed E-state index contributed by atoms with van der Waals surface area (Å²) < 4.78 is 0. The Bertz CT molecular complexity index is 408. The van der Waals surface area contributed by atoms with Gasteiger partial charge in [0.05, 0.1) is 6.54 Å². The number of carbonyl (C=O) groups is 1. The molecule has 1 saturated heterocycles. The molecule has 3 heteroatoms. The summed E-state index contributed by atoms with van der Waals surface area (Å²) in [4.78, 5) is 16.4. The smallest absolute Gasteiger partial charge is 0.242 e. The number of para-hydroxylation sites is 1. The molecule has 2 rings (SSSR count). The van der Waals surface area contributed by atoms with Crippen LogP contribution in [0.5, 0.6) is 0 Å². The number of piperidine rings is 1. The maximum atomic E-state index is 12.4. The molecule has 0 N–H and O–H groups in total. The Morgan fingerprint density at radius 1 is 1.21 bits per heavy atom. The fraction of sp³-hybridized carbons (Fsp3) is 0.562. The Labute approximate surface area is 116 Å². The number of rotatable bonds is 3. The van der Waals surface area contributed by atoms with Gasteiger partial charge in [0.15, 0.2) is 0 Å². The van der Waals surface area contributed by atoms with Crippen LogP contribution in [0.2, 0.25) is 0 Å². The third kappa shape index (κ3) is 3.72. The summed E-state index contributed by atoms with van der Waals surface area (Å²) in [5.74, 6) is 1.48. The van der Waals surface area contributed by atoms with Crippen molar-refractivity contribution in [1.29, 1.82) is 0 Å². The molecule has 2 unspecified atom stereocenters. The molecule has 0 saturated carbocycles. The number of likely N-dealkylation sites (tertiary alicyclic amines) is 1. The van der Waals surface area contributed by atoms with Crippen LogP contribution in [0.25, 0.3) is 0 Å². The van der Waals surface area contributed by atoms with Crippen LogP contribution in [0.1, 0.15) is 20.3 Å². The van der Waals surface area contributed by atoms with E-state index >= 15 is 0 Å². The predicted octanol–water partition coefficient (Wildman–Crippen LogP) is 2.63. The van der Waals surface area contributed by atoms with Gasteiger partial charge in [0, 0.05) is 25.8 Å². The molecular weight excluding hydrogens is 236 g/mol. The zero-order valence-electron chi connectivity index (χ0n) is 12.2. The first kappa shape index (κ1) is 13.9. The lowest BCUT2D eigenvalue weighted by Crippen LogP contribution is -2.46. The van der Waals surface area contributed by atoms with Crippen molar-refractivity contribution in [3.63, 3.8) is 0 Å². The normalized spacial score (nSPS) is 23.2. The van der Waals surface area contributed by atoms with Crippen molar-refractivity contribution in [3.05, 3.63) is 30.3 Å². The molecule has 1 aliphatic rings. The zero-order chi connectivity index (χ0) is 13.8. The third-order valence-corrected chi connectivity index (χ3v) is 3.79. The predicted molar refractivity (Wildman–Crippen MR) is 79.2 cm³/mol. The van der Waals surface area contributed by atoms with Crippen molar-refractivity contribution in [1.82, 2.24) is 4.90 Å². The molecule has 1 amide bonds. The van der Waals surface area contributed by atoms with E-state index in [1.54, 1.807) is 0 Å². The van der Waals surface area contributed by atoms with Gasteiger partial charge in [-0.2, -0.15) is 0 Å². The van der Waals surface area contributed by atoms with Crippen LogP contribution in [0, 0.1) is 11.8 Å². The van der Waals surface area contributed by atoms with E-state index in [9.17, 15) is 4.79 Å². The lowest BCUT2D eigenvalue weighted by atomic mass is 9.92. The standard InChI is InChI=1S/C16H24N2O/c1-13-9-14(2)11-18(10-13)16(19)12-17(3)15-7-5-4-6-8-15/h4-8,13-14H,9-12H2,1-3H3. The van der Waals surface area contributed by atoms with Gasteiger partial charge in [-0.05, 0) is 30.4 Å². The van der Waals surface area contributed by atoms with Gasteiger partial charge in [-0.25, -0.2) is 0 Å². The molecule has 104 valence electrons. The highest BCUT2D eigenvalue weighted by atomic mass is 16.2. The second-order valence-electron chi connectivity index (χ2n) is 5.94. The maximum Gasteiger partial charge on any atom is 0.242 e. The molecule has 0 aromatic heterocycles. The highest BCUT2D eigenvalue weighted by molar-refractivity contribution is 5.81. The van der Waals surface area contributed by atoms with Crippen molar-refractivity contribution >= 4 is 11.6 Å². The van der Waals surface area contributed by atoms with E-state index in [-0.39, 0.29) is 5.91 Å². The van der Waals surface area contributed by atoms with Crippen molar-refractivity contribution in [3.8, 4) is 0 Å². The van der Waals surface area contributed by atoms with Crippen molar-refractivity contribution < 1.29 is 4.79 Å². The van der Waals surface area contributed by atoms with Crippen molar-refractivity contribution in [2.24, 2.45) is 11.8 Å². The lowest BCUT2D eigenvalue weighted by Gasteiger charge is -2.36. The van der Waals surface area contributed by atoms with Crippen molar-refractivity contribution in [2.45, 2.75) is 20.3 Å². The summed E-state index contributed by atoms with van der Waals surface area (Å²) in [5, 5.41) is 0. The largest absolute Gasteiger partial charge is 0.365 e. The zero-order valence-corrected chi connectivity index (χ0v) is 12.2. The van der Waals surface area contributed by atoms with Crippen LogP contribution in [0.4, 0.5) is 5.69 Å². The number of hydrogen-bond donors (Lipinski definition) is 0. The number of amides is 1. The highest BCUT2D eigenvalue weighted by Crippen LogP contribution is 2.21. The first-order chi connectivity index (χ1) is 9.06. The van der Waals surface area contributed by atoms with Gasteiger partial charge < -0.3 is 9.80 Å². The third-order valence-electron chi connectivity index (χ3n) is 3.79. The Balaban J connectivity index is 1.93. The average Bonchev–Trinajstić information content (AvgIpc) is 2.38. The molecule has 1 aromatic rings. The summed E-state index contributed by atoms with van der Waals surface area (Å²) in [6.07, 6.45) is 1.23. The maximum absolute atomic E-state index is 12.4. The molecule has 3 nitrogen and oxygen atoms in total. The van der Waals surface area contributed by atoms with Gasteiger partial charge >= 0.3 is 0 Å². The number of likely N-dealkylation sites (N-methyl/N-ethyl adjacent to an activating group) is 1. The molecule has 2 atom stereocenters. The SMILES string of the molecule is CC1CC(C)CN(C(=O)CN(C)c2ccccc2)C1. The monoisotopic (exact) mass is 260 g/mol. The number of carbonyl (C=O) groups excluding carboxylic acids is 1. The summed E-state index contributed by atoms with van der Waals surface area (Å²) in [5.41, 5.74) is 1.09. The van der Waals surface area contributed by atoms with Crippen LogP contribution in [0.3, 0.4) is 0 Å². The van der Waals surface area contributed by atoms with E-state index in [1.165, 1.54) is 6.42 Å². The Morgan fingerprint density at radius 2 is 1.79 bits per heavy atom. The first-order valence-electron chi connectivity index (χ1n) is 7.10. The van der Waals surface area contributed by atoms with E-state index in [2.05, 4.69) is 13.8 Å². The summed E-state index contributed by atoms with van der Waals surface area (Å²) in [6.45, 7) is 6.74. The van der Waals surface area contributed by atoms with Crippen LogP contribution >= 0.6 is 0 Å². The second kappa shape index (κ2) is 6.09. The lowest BCUT2D eigenvalue weighted by molar-refractivity contribution is -0.132. The molecule has 0 bridgehead atoms. The molecule has 1 aliphatic heterocycles. The minimum Gasteiger partial charge on any atom is -0.365 e. The van der Waals surface area contributed by atoms with E-state index < -0.39 is 0 Å². The summed E-state index contributed by atoms with van der Waals surface area (Å²) >= 11 is 0. The van der Waals surface area contributed by atoms with E-state index in [0.717, 1.165) is 18.8 Å². The second-order valence-corrected chi connectivity index (χ2v) is 5.94. The van der Waals surface area contributed by atoms with Crippen molar-refractivity contribution in [2.75, 3.05) is 31.6 Å². The van der Waals surface area contributed by atoms with Gasteiger partial charge in [-0.1, -0.05) is 32.0 Å². The molecule has 0 aliphatic carbocycles. The molecule has 1 heterocycles. The van der Waals surface area contributed by atoms with Crippen LogP contribution in [0.15, 0.2) is 30.3 Å². The van der Waals surface area contributed by atoms with Gasteiger partial charge in [-0.15, -0.1) is 0 Å². The number of anilines is 1. The Hall–Kier alpha value is -1.51. The van der Waals surface area contributed by atoms with Gasteiger partial charge in [0.2, 0.25) is 5.91 Å². The average molecular weight is 260 g/mol. The molecule has 0 radical (unpaired) electrons. The molecule has 0 spiro atoms. The van der Waals surface area contributed by atoms with Crippen LogP contribution in [-0.2, 0) is 4.79 Å². The van der Waals surface area contributed by atoms with Gasteiger partial charge in [-0.3, -0.25) is 4.79 Å². The first-order valence-corrected chi connectivity index (χ1v) is 7.10. The van der Waals surface area contributed by atoms with E-state index in [0.29, 0.717) is 18.4 Å². The minimum absolute atomic E-state index is 0.241. The molecular formula is C16H24N2O. The number of nitrogens with zero attached hydrogens (tertiary/aromatic N) is 2. The summed E-state index contributed by atoms with van der Waals surface area (Å²) in [6, 6.07) is 10.1. The molecule has 19 heavy (non-hydrogen) atoms. The Morgan fingerprint density at radius 3 is 2.37 bits per heavy atom. The minimum atomic E-state index is 0.241. The Kier molecular flexibility index (Phi) is 4.46. The quantitative estimate of drug-likeness (QED) is 0.834. The van der Waals surface area contributed by atoms with Gasteiger partial charge in [0.25, 0.3) is 0 Å². The fourth-order valence-corrected chi connectivity index (χ4v) is 2.94. The highest BCUT2D eigenvalue weighted by Gasteiger charge is 2.25. The van der Waals surface area contributed by atoms with E-state index in [1.807, 2.05) is 47.2 Å². The fourth-order valence-electron chi connectivity index (χ4n) is 2.94. The number of hydrogen-bond acceptors (Lipinski definition) is 2.